The molecule has 0 aliphatic rings. The molecule has 0 spiro atoms. The Morgan fingerprint density at radius 3 is 2.60 bits per heavy atom. The van der Waals surface area contributed by atoms with Gasteiger partial charge in [-0.25, -0.2) is 8.78 Å². The van der Waals surface area contributed by atoms with Gasteiger partial charge in [-0.3, -0.25) is 4.98 Å². The van der Waals surface area contributed by atoms with Crippen LogP contribution in [0.2, 0.25) is 0 Å². The molecular formula is C9H10F2N4. The van der Waals surface area contributed by atoms with Gasteiger partial charge in [-0.05, 0) is 11.1 Å². The summed E-state index contributed by atoms with van der Waals surface area (Å²) in [5.74, 6) is 0. The van der Waals surface area contributed by atoms with Gasteiger partial charge in [0.1, 0.15) is 5.69 Å². The summed E-state index contributed by atoms with van der Waals surface area (Å²) in [4.78, 5) is 3.53. The molecule has 0 aromatic carbocycles. The van der Waals surface area contributed by atoms with E-state index < -0.39 is 12.1 Å². The maximum Gasteiger partial charge on any atom is 0.280 e. The summed E-state index contributed by atoms with van der Waals surface area (Å²) in [6, 6.07) is 1.86. The van der Waals surface area contributed by atoms with Crippen LogP contribution in [0.4, 0.5) is 14.5 Å². The molecule has 1 aromatic rings. The number of nitrogens with two attached hydrogens (primary N) is 2. The molecule has 0 saturated carbocycles. The fourth-order valence-corrected chi connectivity index (χ4v) is 1.33. The molecule has 0 aliphatic carbocycles. The quantitative estimate of drug-likeness (QED) is 0.785. The van der Waals surface area contributed by atoms with E-state index in [0.29, 0.717) is 5.56 Å². The third kappa shape index (κ3) is 2.19. The first-order chi connectivity index (χ1) is 7.11. The zero-order valence-electron chi connectivity index (χ0n) is 7.87. The molecule has 4 N–H and O–H groups in total. The zero-order valence-corrected chi connectivity index (χ0v) is 7.87. The Hall–Kier alpha value is -1.74. The number of anilines is 1. The van der Waals surface area contributed by atoms with E-state index in [1.165, 1.54) is 0 Å². The van der Waals surface area contributed by atoms with Crippen molar-refractivity contribution in [3.05, 3.63) is 23.0 Å². The highest BCUT2D eigenvalue weighted by Gasteiger charge is 2.18. The first-order valence-electron chi connectivity index (χ1n) is 4.23. The van der Waals surface area contributed by atoms with Crippen molar-refractivity contribution in [3.63, 3.8) is 0 Å². The molecule has 15 heavy (non-hydrogen) atoms. The lowest BCUT2D eigenvalue weighted by Crippen LogP contribution is -2.11. The monoisotopic (exact) mass is 212 g/mol. The van der Waals surface area contributed by atoms with Crippen LogP contribution in [0.25, 0.3) is 0 Å². The van der Waals surface area contributed by atoms with Crippen molar-refractivity contribution in [2.45, 2.75) is 19.4 Å². The minimum absolute atomic E-state index is 0.0411. The molecule has 0 bridgehead atoms. The Morgan fingerprint density at radius 1 is 1.47 bits per heavy atom. The molecule has 0 radical (unpaired) electrons. The van der Waals surface area contributed by atoms with Crippen LogP contribution < -0.4 is 11.5 Å². The van der Waals surface area contributed by atoms with Crippen molar-refractivity contribution in [1.29, 1.82) is 5.26 Å². The Kier molecular flexibility index (Phi) is 3.52. The van der Waals surface area contributed by atoms with E-state index >= 15 is 0 Å². The highest BCUT2D eigenvalue weighted by atomic mass is 19.3. The lowest BCUT2D eigenvalue weighted by Gasteiger charge is -2.12. The number of nitrogen functional groups attached to an aromatic ring is 1. The van der Waals surface area contributed by atoms with Crippen LogP contribution in [-0.4, -0.2) is 4.98 Å². The number of nitrogens with zero attached hydrogens (tertiary/aromatic N) is 2. The highest BCUT2D eigenvalue weighted by molar-refractivity contribution is 5.52. The predicted octanol–water partition coefficient (Wildman–Crippen LogP) is 1.13. The molecular weight excluding hydrogens is 202 g/mol. The zero-order chi connectivity index (χ0) is 11.4. The number of alkyl halides is 2. The van der Waals surface area contributed by atoms with Crippen molar-refractivity contribution in [3.8, 4) is 6.07 Å². The van der Waals surface area contributed by atoms with Crippen LogP contribution in [0.15, 0.2) is 6.20 Å². The van der Waals surface area contributed by atoms with Gasteiger partial charge in [0.25, 0.3) is 6.43 Å². The fraction of sp³-hybridized carbons (Fsp3) is 0.333. The van der Waals surface area contributed by atoms with E-state index in [1.807, 2.05) is 6.07 Å². The van der Waals surface area contributed by atoms with Gasteiger partial charge in [0.15, 0.2) is 0 Å². The average molecular weight is 212 g/mol. The standard InChI is InChI=1S/C9H10F2N4/c10-9(11)8-6(3-13)5(1-2-12)7(14)4-15-8/h4,9H,1,3,13-14H2. The van der Waals surface area contributed by atoms with Gasteiger partial charge in [-0.1, -0.05) is 0 Å². The first kappa shape index (κ1) is 11.3. The summed E-state index contributed by atoms with van der Waals surface area (Å²) >= 11 is 0. The second-order valence-corrected chi connectivity index (χ2v) is 2.90. The molecule has 0 atom stereocenters. The molecule has 0 amide bonds. The van der Waals surface area contributed by atoms with Crippen LogP contribution in [0.1, 0.15) is 23.2 Å². The van der Waals surface area contributed by atoms with Gasteiger partial charge in [0.05, 0.1) is 24.4 Å². The third-order valence-electron chi connectivity index (χ3n) is 2.03. The van der Waals surface area contributed by atoms with Gasteiger partial charge in [0, 0.05) is 6.54 Å². The summed E-state index contributed by atoms with van der Waals surface area (Å²) in [6.45, 7) is -0.102. The number of nitriles is 1. The third-order valence-corrected chi connectivity index (χ3v) is 2.03. The van der Waals surface area contributed by atoms with Gasteiger partial charge in [0.2, 0.25) is 0 Å². The minimum atomic E-state index is -2.71. The highest BCUT2D eigenvalue weighted by Crippen LogP contribution is 2.26. The summed E-state index contributed by atoms with van der Waals surface area (Å²) in [5.41, 5.74) is 11.2. The largest absolute Gasteiger partial charge is 0.397 e. The van der Waals surface area contributed by atoms with E-state index in [-0.39, 0.29) is 24.2 Å². The summed E-state index contributed by atoms with van der Waals surface area (Å²) < 4.78 is 25.0. The molecule has 1 aromatic heterocycles. The molecule has 0 aliphatic heterocycles. The van der Waals surface area contributed by atoms with Gasteiger partial charge < -0.3 is 11.5 Å². The second-order valence-electron chi connectivity index (χ2n) is 2.90. The van der Waals surface area contributed by atoms with Crippen molar-refractivity contribution < 1.29 is 8.78 Å². The number of halogens is 2. The lowest BCUT2D eigenvalue weighted by atomic mass is 10.0. The summed E-state index contributed by atoms with van der Waals surface area (Å²) in [6.07, 6.45) is -1.62. The normalized spacial score (nSPS) is 10.3. The molecule has 0 fully saturated rings. The SMILES string of the molecule is N#CCc1c(N)cnc(C(F)F)c1CN. The van der Waals surface area contributed by atoms with E-state index in [1.54, 1.807) is 0 Å². The smallest absolute Gasteiger partial charge is 0.280 e. The maximum atomic E-state index is 12.5. The number of pyridine rings is 1. The van der Waals surface area contributed by atoms with E-state index in [9.17, 15) is 8.78 Å². The molecule has 1 rings (SSSR count). The van der Waals surface area contributed by atoms with E-state index in [4.69, 9.17) is 16.7 Å². The first-order valence-corrected chi connectivity index (χ1v) is 4.23. The minimum Gasteiger partial charge on any atom is -0.397 e. The molecule has 0 unspecified atom stereocenters. The number of hydrogen-bond acceptors (Lipinski definition) is 4. The van der Waals surface area contributed by atoms with Crippen molar-refractivity contribution in [2.24, 2.45) is 5.73 Å². The number of rotatable bonds is 3. The Labute approximate surface area is 85.5 Å². The van der Waals surface area contributed by atoms with Crippen LogP contribution in [0.3, 0.4) is 0 Å². The van der Waals surface area contributed by atoms with Gasteiger partial charge >= 0.3 is 0 Å². The van der Waals surface area contributed by atoms with Crippen LogP contribution >= 0.6 is 0 Å². The summed E-state index contributed by atoms with van der Waals surface area (Å²) in [7, 11) is 0. The molecule has 1 heterocycles. The van der Waals surface area contributed by atoms with E-state index in [2.05, 4.69) is 4.98 Å². The van der Waals surface area contributed by atoms with Crippen molar-refractivity contribution >= 4 is 5.69 Å². The Morgan fingerprint density at radius 2 is 2.13 bits per heavy atom. The topological polar surface area (TPSA) is 88.7 Å². The van der Waals surface area contributed by atoms with E-state index in [0.717, 1.165) is 6.20 Å². The Bertz CT molecular complexity index is 398. The molecule has 0 saturated heterocycles. The molecule has 4 nitrogen and oxygen atoms in total. The van der Waals surface area contributed by atoms with Gasteiger partial charge in [-0.15, -0.1) is 0 Å². The van der Waals surface area contributed by atoms with Crippen molar-refractivity contribution in [2.75, 3.05) is 5.73 Å². The lowest BCUT2D eigenvalue weighted by molar-refractivity contribution is 0.144. The van der Waals surface area contributed by atoms with Crippen LogP contribution in [-0.2, 0) is 13.0 Å². The molecule has 80 valence electrons. The average Bonchev–Trinajstić information content (AvgIpc) is 2.20. The Balaban J connectivity index is 3.34. The maximum absolute atomic E-state index is 12.5. The van der Waals surface area contributed by atoms with Crippen LogP contribution in [0.5, 0.6) is 0 Å². The number of hydrogen-bond donors (Lipinski definition) is 2. The predicted molar refractivity (Wildman–Crippen MR) is 50.8 cm³/mol. The molecule has 6 heteroatoms. The number of aromatic nitrogens is 1. The van der Waals surface area contributed by atoms with Crippen LogP contribution in [0, 0.1) is 11.3 Å². The second kappa shape index (κ2) is 4.66. The summed E-state index contributed by atoms with van der Waals surface area (Å²) in [5, 5.41) is 8.54. The fourth-order valence-electron chi connectivity index (χ4n) is 1.33. The van der Waals surface area contributed by atoms with Gasteiger partial charge in [-0.2, -0.15) is 5.26 Å². The van der Waals surface area contributed by atoms with Crippen molar-refractivity contribution in [1.82, 2.24) is 4.98 Å².